The van der Waals surface area contributed by atoms with Gasteiger partial charge < -0.3 is 5.11 Å². The first-order valence-corrected chi connectivity index (χ1v) is 6.63. The van der Waals surface area contributed by atoms with Crippen molar-refractivity contribution in [2.24, 2.45) is 0 Å². The van der Waals surface area contributed by atoms with Crippen LogP contribution < -0.4 is 0 Å². The maximum Gasteiger partial charge on any atom is 0.307 e. The Morgan fingerprint density at radius 3 is 2.65 bits per heavy atom. The average Bonchev–Trinajstić information content (AvgIpc) is 2.42. The van der Waals surface area contributed by atoms with Gasteiger partial charge >= 0.3 is 5.97 Å². The zero-order valence-corrected chi connectivity index (χ0v) is 11.8. The van der Waals surface area contributed by atoms with Crippen molar-refractivity contribution in [1.82, 2.24) is 0 Å². The van der Waals surface area contributed by atoms with Gasteiger partial charge in [-0.25, -0.2) is 0 Å². The first-order valence-electron chi connectivity index (χ1n) is 6.63. The second kappa shape index (κ2) is 6.20. The predicted octanol–water partition coefficient (Wildman–Crippen LogP) is 4.46. The molecule has 0 unspecified atom stereocenters. The lowest BCUT2D eigenvalue weighted by Gasteiger charge is -2.09. The summed E-state index contributed by atoms with van der Waals surface area (Å²) in [5.41, 5.74) is 5.94. The molecule has 1 N–H and O–H groups in total. The van der Waals surface area contributed by atoms with Crippen LogP contribution in [0.25, 0.3) is 17.2 Å². The number of rotatable bonds is 4. The second-order valence-electron chi connectivity index (χ2n) is 4.87. The molecule has 0 fully saturated rings. The fraction of sp³-hybridized carbons (Fsp3) is 0.167. The van der Waals surface area contributed by atoms with Gasteiger partial charge in [0.15, 0.2) is 0 Å². The Kier molecular flexibility index (Phi) is 4.36. The molecule has 0 spiro atoms. The molecule has 0 aliphatic heterocycles. The van der Waals surface area contributed by atoms with E-state index < -0.39 is 5.97 Å². The summed E-state index contributed by atoms with van der Waals surface area (Å²) >= 11 is 0. The Labute approximate surface area is 119 Å². The molecular weight excluding hydrogens is 248 g/mol. The molecule has 102 valence electrons. The third-order valence-corrected chi connectivity index (χ3v) is 3.41. The smallest absolute Gasteiger partial charge is 0.307 e. The molecule has 0 aliphatic carbocycles. The van der Waals surface area contributed by atoms with E-state index in [1.165, 1.54) is 16.7 Å². The van der Waals surface area contributed by atoms with Crippen molar-refractivity contribution in [3.8, 4) is 11.1 Å². The molecule has 0 heterocycles. The van der Waals surface area contributed by atoms with Crippen LogP contribution in [0.1, 0.15) is 23.1 Å². The Balaban J connectivity index is 2.32. The average molecular weight is 266 g/mol. The number of aliphatic carboxylic acids is 1. The van der Waals surface area contributed by atoms with E-state index in [9.17, 15) is 4.79 Å². The minimum Gasteiger partial charge on any atom is -0.481 e. The summed E-state index contributed by atoms with van der Waals surface area (Å²) in [6, 6.07) is 14.4. The molecule has 2 aromatic rings. The van der Waals surface area contributed by atoms with Crippen LogP contribution >= 0.6 is 0 Å². The zero-order valence-electron chi connectivity index (χ0n) is 11.8. The molecule has 20 heavy (non-hydrogen) atoms. The molecule has 0 amide bonds. The van der Waals surface area contributed by atoms with E-state index in [1.807, 2.05) is 18.2 Å². The summed E-state index contributed by atoms with van der Waals surface area (Å²) < 4.78 is 0. The van der Waals surface area contributed by atoms with Gasteiger partial charge in [-0.2, -0.15) is 0 Å². The van der Waals surface area contributed by atoms with E-state index in [0.717, 1.165) is 11.1 Å². The van der Waals surface area contributed by atoms with Crippen molar-refractivity contribution in [1.29, 1.82) is 0 Å². The van der Waals surface area contributed by atoms with Crippen molar-refractivity contribution in [3.05, 3.63) is 65.2 Å². The first kappa shape index (κ1) is 14.1. The Bertz CT molecular complexity index is 654. The van der Waals surface area contributed by atoms with Crippen LogP contribution in [0.2, 0.25) is 0 Å². The highest BCUT2D eigenvalue weighted by molar-refractivity contribution is 5.73. The summed E-state index contributed by atoms with van der Waals surface area (Å²) in [6.07, 6.45) is 3.57. The summed E-state index contributed by atoms with van der Waals surface area (Å²) in [5, 5.41) is 8.64. The minimum absolute atomic E-state index is 0.0493. The Morgan fingerprint density at radius 1 is 1.15 bits per heavy atom. The lowest BCUT2D eigenvalue weighted by atomic mass is 9.96. The van der Waals surface area contributed by atoms with Gasteiger partial charge in [-0.3, -0.25) is 4.79 Å². The van der Waals surface area contributed by atoms with E-state index in [0.29, 0.717) is 0 Å². The SMILES string of the molecule is Cc1cccc(-c2cccc(/C=C/CC(=O)O)c2)c1C. The molecule has 0 bridgehead atoms. The van der Waals surface area contributed by atoms with Gasteiger partial charge in [0.05, 0.1) is 6.42 Å². The van der Waals surface area contributed by atoms with Gasteiger partial charge in [0.1, 0.15) is 0 Å². The summed E-state index contributed by atoms with van der Waals surface area (Å²) in [4.78, 5) is 10.5. The van der Waals surface area contributed by atoms with E-state index in [1.54, 1.807) is 6.08 Å². The van der Waals surface area contributed by atoms with Crippen LogP contribution in [0, 0.1) is 13.8 Å². The van der Waals surface area contributed by atoms with Crippen molar-refractivity contribution in [2.75, 3.05) is 0 Å². The summed E-state index contributed by atoms with van der Waals surface area (Å²) in [6.45, 7) is 4.23. The molecule has 0 saturated carbocycles. The van der Waals surface area contributed by atoms with E-state index in [4.69, 9.17) is 5.11 Å². The Hall–Kier alpha value is -2.35. The maximum absolute atomic E-state index is 10.5. The normalized spacial score (nSPS) is 10.9. The van der Waals surface area contributed by atoms with Gasteiger partial charge in [-0.15, -0.1) is 0 Å². The van der Waals surface area contributed by atoms with Gasteiger partial charge in [0, 0.05) is 0 Å². The quantitative estimate of drug-likeness (QED) is 0.887. The van der Waals surface area contributed by atoms with Crippen molar-refractivity contribution in [3.63, 3.8) is 0 Å². The number of carboxylic acids is 1. The summed E-state index contributed by atoms with van der Waals surface area (Å²) in [5.74, 6) is -0.813. The fourth-order valence-corrected chi connectivity index (χ4v) is 2.17. The molecule has 0 saturated heterocycles. The van der Waals surface area contributed by atoms with Crippen molar-refractivity contribution >= 4 is 12.0 Å². The lowest BCUT2D eigenvalue weighted by Crippen LogP contribution is -1.90. The topological polar surface area (TPSA) is 37.3 Å². The van der Waals surface area contributed by atoms with Crippen molar-refractivity contribution < 1.29 is 9.90 Å². The largest absolute Gasteiger partial charge is 0.481 e. The predicted molar refractivity (Wildman–Crippen MR) is 82.6 cm³/mol. The number of hydrogen-bond donors (Lipinski definition) is 1. The van der Waals surface area contributed by atoms with Crippen LogP contribution in [-0.2, 0) is 4.79 Å². The van der Waals surface area contributed by atoms with Gasteiger partial charge in [-0.1, -0.05) is 48.6 Å². The molecule has 0 aliphatic rings. The van der Waals surface area contributed by atoms with Gasteiger partial charge in [0.2, 0.25) is 0 Å². The Morgan fingerprint density at radius 2 is 1.90 bits per heavy atom. The molecule has 2 rings (SSSR count). The molecule has 0 atom stereocenters. The molecular formula is C18H18O2. The number of carbonyl (C=O) groups is 1. The van der Waals surface area contributed by atoms with Gasteiger partial charge in [0.25, 0.3) is 0 Å². The highest BCUT2D eigenvalue weighted by Crippen LogP contribution is 2.26. The van der Waals surface area contributed by atoms with Crippen LogP contribution in [0.5, 0.6) is 0 Å². The number of carboxylic acid groups (broad SMARTS) is 1. The maximum atomic E-state index is 10.5. The molecule has 0 aromatic heterocycles. The molecule has 2 heteroatoms. The first-order chi connectivity index (χ1) is 9.58. The number of hydrogen-bond acceptors (Lipinski definition) is 1. The minimum atomic E-state index is -0.813. The molecule has 2 aromatic carbocycles. The third kappa shape index (κ3) is 3.35. The van der Waals surface area contributed by atoms with Crippen LogP contribution in [0.4, 0.5) is 0 Å². The van der Waals surface area contributed by atoms with E-state index in [2.05, 4.69) is 44.2 Å². The van der Waals surface area contributed by atoms with E-state index in [-0.39, 0.29) is 6.42 Å². The highest BCUT2D eigenvalue weighted by Gasteiger charge is 2.03. The standard InChI is InChI=1S/C18H18O2/c1-13-6-3-10-17(14(13)2)16-9-4-7-15(12-16)8-5-11-18(19)20/h3-10,12H,11H2,1-2H3,(H,19,20)/b8-5+. The van der Waals surface area contributed by atoms with Crippen molar-refractivity contribution in [2.45, 2.75) is 20.3 Å². The fourth-order valence-electron chi connectivity index (χ4n) is 2.17. The van der Waals surface area contributed by atoms with E-state index >= 15 is 0 Å². The molecule has 0 radical (unpaired) electrons. The number of benzene rings is 2. The lowest BCUT2D eigenvalue weighted by molar-refractivity contribution is -0.135. The van der Waals surface area contributed by atoms with Crippen LogP contribution in [-0.4, -0.2) is 11.1 Å². The second-order valence-corrected chi connectivity index (χ2v) is 4.87. The highest BCUT2D eigenvalue weighted by atomic mass is 16.4. The zero-order chi connectivity index (χ0) is 14.5. The number of aryl methyl sites for hydroxylation is 1. The van der Waals surface area contributed by atoms with Crippen LogP contribution in [0.15, 0.2) is 48.5 Å². The third-order valence-electron chi connectivity index (χ3n) is 3.41. The van der Waals surface area contributed by atoms with Crippen LogP contribution in [0.3, 0.4) is 0 Å². The monoisotopic (exact) mass is 266 g/mol. The summed E-state index contributed by atoms with van der Waals surface area (Å²) in [7, 11) is 0. The molecule has 2 nitrogen and oxygen atoms in total. The van der Waals surface area contributed by atoms with Gasteiger partial charge in [-0.05, 0) is 47.7 Å².